The average Bonchev–Trinajstić information content (AvgIpc) is 1.54. The van der Waals surface area contributed by atoms with E-state index in [1.54, 1.807) is 14.2 Å². The van der Waals surface area contributed by atoms with Crippen LogP contribution < -0.4 is 0 Å². The third-order valence-electron chi connectivity index (χ3n) is 26.4. The first-order valence-electron chi connectivity index (χ1n) is 38.3. The minimum Gasteiger partial charge on any atom is -0.459 e. The lowest BCUT2D eigenvalue weighted by molar-refractivity contribution is -0.293. The van der Waals surface area contributed by atoms with Crippen molar-refractivity contribution in [1.82, 2.24) is 0 Å². The molecule has 14 rings (SSSR count). The van der Waals surface area contributed by atoms with E-state index in [1.807, 2.05) is 0 Å². The summed E-state index contributed by atoms with van der Waals surface area (Å²) in [7, 11) is -0.691. The second-order valence-electron chi connectivity index (χ2n) is 33.5. The van der Waals surface area contributed by atoms with E-state index in [9.17, 15) is 9.59 Å². The fourth-order valence-corrected chi connectivity index (χ4v) is 23.0. The highest BCUT2D eigenvalue weighted by Crippen LogP contribution is 2.55. The van der Waals surface area contributed by atoms with Crippen molar-refractivity contribution in [3.05, 3.63) is 24.3 Å². The third-order valence-corrected chi connectivity index (χ3v) is 35.6. The first-order valence-corrected chi connectivity index (χ1v) is 43.7. The number of aldehydes is 1. The normalized spacial score (nSPS) is 46.6. The van der Waals surface area contributed by atoms with Gasteiger partial charge >= 0.3 is 5.97 Å². The highest BCUT2D eigenvalue weighted by Gasteiger charge is 2.69. The van der Waals surface area contributed by atoms with Crippen LogP contribution in [0.1, 0.15) is 178 Å². The predicted molar refractivity (Wildman–Crippen MR) is 365 cm³/mol. The maximum atomic E-state index is 14.7. The Morgan fingerprint density at radius 1 is 0.608 bits per heavy atom. The Morgan fingerprint density at radius 2 is 1.27 bits per heavy atom. The Hall–Kier alpha value is -1.63. The van der Waals surface area contributed by atoms with E-state index in [0.717, 1.165) is 80.5 Å². The van der Waals surface area contributed by atoms with Crippen LogP contribution in [0.3, 0.4) is 0 Å². The van der Waals surface area contributed by atoms with E-state index in [1.165, 1.54) is 0 Å². The number of hydrogen-bond acceptors (Lipinski definition) is 20. The van der Waals surface area contributed by atoms with Crippen LogP contribution in [-0.2, 0) is 94.2 Å². The number of methoxy groups -OCH3 is 2. The Morgan fingerprint density at radius 3 is 2.02 bits per heavy atom. The van der Waals surface area contributed by atoms with Crippen molar-refractivity contribution in [2.75, 3.05) is 34.0 Å². The number of esters is 1. The van der Waals surface area contributed by atoms with Crippen LogP contribution in [0.15, 0.2) is 24.3 Å². The molecule has 0 saturated carbocycles. The van der Waals surface area contributed by atoms with Gasteiger partial charge in [-0.05, 0) is 129 Å². The summed E-state index contributed by atoms with van der Waals surface area (Å²) >= 11 is 0. The summed E-state index contributed by atoms with van der Waals surface area (Å²) in [5.74, 6) is -1.58. The largest absolute Gasteiger partial charge is 0.459 e. The molecule has 550 valence electrons. The topological polar surface area (TPSA) is 200 Å². The van der Waals surface area contributed by atoms with E-state index in [2.05, 4.69) is 88.6 Å². The summed E-state index contributed by atoms with van der Waals surface area (Å²) in [6, 6.07) is 3.16. The zero-order chi connectivity index (χ0) is 68.5. The highest BCUT2D eigenvalue weighted by atomic mass is 28.4. The van der Waals surface area contributed by atoms with Crippen molar-refractivity contribution < 1.29 is 94.2 Å². The lowest BCUT2D eigenvalue weighted by Crippen LogP contribution is -2.61. The molecule has 22 heteroatoms. The molecule has 31 atom stereocenters. The molecule has 20 nitrogen and oxygen atoms in total. The van der Waals surface area contributed by atoms with E-state index in [0.29, 0.717) is 84.0 Å². The molecule has 97 heavy (non-hydrogen) atoms. The van der Waals surface area contributed by atoms with Crippen molar-refractivity contribution in [3.63, 3.8) is 0 Å². The quantitative estimate of drug-likeness (QED) is 0.0648. The van der Waals surface area contributed by atoms with Gasteiger partial charge in [-0.3, -0.25) is 4.79 Å². The van der Waals surface area contributed by atoms with Crippen LogP contribution in [0.2, 0.25) is 36.3 Å². The summed E-state index contributed by atoms with van der Waals surface area (Å²) in [6.45, 7) is 35.6. The molecule has 0 aromatic rings. The van der Waals surface area contributed by atoms with Gasteiger partial charge in [0.1, 0.15) is 42.9 Å². The van der Waals surface area contributed by atoms with Gasteiger partial charge in [0.15, 0.2) is 22.4 Å². The summed E-state index contributed by atoms with van der Waals surface area (Å²) in [5.41, 5.74) is 2.12. The predicted octanol–water partition coefficient (Wildman–Crippen LogP) is 11.4. The Kier molecular flexibility index (Phi) is 23.1. The van der Waals surface area contributed by atoms with Gasteiger partial charge < -0.3 is 89.4 Å². The first-order chi connectivity index (χ1) is 46.4. The molecule has 4 unspecified atom stereocenters. The number of hydrogen-bond donors (Lipinski definition) is 0. The van der Waals surface area contributed by atoms with E-state index in [4.69, 9.17) is 84.6 Å². The van der Waals surface area contributed by atoms with Crippen molar-refractivity contribution in [2.24, 2.45) is 23.7 Å². The summed E-state index contributed by atoms with van der Waals surface area (Å²) in [5, 5.41) is 0.0699. The molecule has 1 spiro atoms. The van der Waals surface area contributed by atoms with Gasteiger partial charge in [0, 0.05) is 78.3 Å². The lowest BCUT2D eigenvalue weighted by atomic mass is 9.81. The number of carbonyl (C=O) groups is 2. The van der Waals surface area contributed by atoms with Crippen LogP contribution >= 0.6 is 0 Å². The zero-order valence-corrected chi connectivity index (χ0v) is 62.9. The van der Waals surface area contributed by atoms with Crippen molar-refractivity contribution >= 4 is 28.9 Å². The summed E-state index contributed by atoms with van der Waals surface area (Å²) in [4.78, 5) is 28.5. The molecule has 0 radical (unpaired) electrons. The number of rotatable bonds is 15. The van der Waals surface area contributed by atoms with Crippen molar-refractivity contribution in [3.8, 4) is 0 Å². The van der Waals surface area contributed by atoms with Gasteiger partial charge in [0.25, 0.3) is 0 Å². The lowest BCUT2D eigenvalue weighted by Gasteiger charge is -2.49. The molecule has 0 aromatic carbocycles. The maximum Gasteiger partial charge on any atom is 0.308 e. The van der Waals surface area contributed by atoms with Crippen molar-refractivity contribution in [1.29, 1.82) is 0 Å². The fraction of sp³-hybridized carbons (Fsp3) is 0.920. The zero-order valence-electron chi connectivity index (χ0n) is 60.9. The minimum atomic E-state index is -2.08. The average molecular weight is 1400 g/mol. The molecule has 0 N–H and O–H groups in total. The third kappa shape index (κ3) is 15.4. The second-order valence-corrected chi connectivity index (χ2v) is 43.0. The van der Waals surface area contributed by atoms with Crippen LogP contribution in [0, 0.1) is 23.7 Å². The Labute approximate surface area is 581 Å². The van der Waals surface area contributed by atoms with Gasteiger partial charge in [-0.25, -0.2) is 0 Å². The molecule has 14 heterocycles. The van der Waals surface area contributed by atoms with Crippen LogP contribution in [-0.4, -0.2) is 227 Å². The van der Waals surface area contributed by atoms with Gasteiger partial charge in [-0.1, -0.05) is 75.5 Å². The van der Waals surface area contributed by atoms with E-state index in [-0.39, 0.29) is 133 Å². The molecule has 14 aliphatic rings. The van der Waals surface area contributed by atoms with E-state index >= 15 is 0 Å². The first kappa shape index (κ1) is 73.7. The van der Waals surface area contributed by atoms with Crippen LogP contribution in [0.25, 0.3) is 0 Å². The monoisotopic (exact) mass is 1400 g/mol. The van der Waals surface area contributed by atoms with Gasteiger partial charge in [0.05, 0.1) is 135 Å². The molecular formula is C75H122O20Si2. The molecule has 14 fully saturated rings. The number of carbonyl (C=O) groups excluding carboxylic acids is 2. The van der Waals surface area contributed by atoms with Gasteiger partial charge in [0.2, 0.25) is 0 Å². The number of fused-ring (bicyclic) bond motifs is 9. The minimum absolute atomic E-state index is 0.00197. The fourth-order valence-electron chi connectivity index (χ4n) is 19.1. The smallest absolute Gasteiger partial charge is 0.308 e. The molecule has 0 aromatic heterocycles. The van der Waals surface area contributed by atoms with E-state index < -0.39 is 89.4 Å². The van der Waals surface area contributed by atoms with Crippen LogP contribution in [0.4, 0.5) is 0 Å². The standard InChI is InChI=1S/C75H122O20Si2/c1-16-97(17-2,18-3)95-64(40-82-96(14,15)74(9,10)11)59-35-57-55(87-59)37-62-67(90-57)42(5)25-28-80-61(66(79-13)41(4)24-27-81-62)31-46(39-76)68-60(78-12)36-54-58(91-68)34-56-53(86-54)33-52-45(8)43(6)29-47(84-52)19-21-50-44(7)30-49(83-50)23-26-75-38-63-70(93-75)71-72(92-63)73(94-75)69-51(89-71)22-20-48(85-69)32-65(77)88-56/h39,41-43,46-64,66-73H,7-8,16-38,40H2,1-6,9-15H3/t41-,42-,43+,46?,47-,48+,49-,50?,51-,52?,53-,54-,55+,56+,57+,58-,59-,60+,61-,62-,63+,64?,66-,67-,68+,69-,70-,71-,72+,73-,75-/m0/s1. The van der Waals surface area contributed by atoms with Crippen molar-refractivity contribution in [2.45, 2.75) is 379 Å². The molecular weight excluding hydrogens is 1280 g/mol. The van der Waals surface area contributed by atoms with Gasteiger partial charge in [-0.15, -0.1) is 0 Å². The van der Waals surface area contributed by atoms with Crippen LogP contribution in [0.5, 0.6) is 0 Å². The summed E-state index contributed by atoms with van der Waals surface area (Å²) in [6.07, 6.45) is 4.20. The second kappa shape index (κ2) is 30.5. The molecule has 14 saturated heterocycles. The molecule has 14 aliphatic heterocycles. The highest BCUT2D eigenvalue weighted by molar-refractivity contribution is 6.74. The molecule has 0 amide bonds. The molecule has 0 aliphatic carbocycles. The summed E-state index contributed by atoms with van der Waals surface area (Å²) < 4.78 is 124. The Balaban J connectivity index is 0.691. The molecule has 12 bridgehead atoms. The number of ether oxygens (including phenoxy) is 16. The Bertz CT molecular complexity index is 2690. The maximum absolute atomic E-state index is 14.7. The SMILES string of the molecule is C=C1C[C@@H]2CC[C@@]34C[C@H]5O[C@H]6[C@@H](O3)[C@H]3O[C@H](CC[C@@H]3O[C@H]6[C@H]5O4)CC(=O)O[C@@H]3C[C@@H]4O[C@H](C(C=O)C[C@@H]5OCC[C@H](C)[C@@H]6O[C@@H]7C[C@@H](C(CO[Si](C)(C)C(C)(C)C)O[Si](CC)(CC)CC)O[C@@H]7C[C@@H]6OCC[C@H](C)[C@@H]5OC)[C@H](OC)C[C@@H]4O[C@H]3CC3O[C@@H](CCC1O2)C[C@@H](C)C3=C. The van der Waals surface area contributed by atoms with Gasteiger partial charge in [-0.2, -0.15) is 0 Å².